The lowest BCUT2D eigenvalue weighted by atomic mass is 9.86. The summed E-state index contributed by atoms with van der Waals surface area (Å²) >= 11 is 0. The molecule has 4 heteroatoms. The van der Waals surface area contributed by atoms with Crippen molar-refractivity contribution < 1.29 is 9.53 Å². The zero-order chi connectivity index (χ0) is 15.6. The lowest BCUT2D eigenvalue weighted by molar-refractivity contribution is 0.0205. The van der Waals surface area contributed by atoms with Gasteiger partial charge < -0.3 is 15.4 Å². The van der Waals surface area contributed by atoms with Gasteiger partial charge >= 0.3 is 6.09 Å². The van der Waals surface area contributed by atoms with E-state index in [2.05, 4.69) is 13.0 Å². The molecule has 1 aliphatic heterocycles. The van der Waals surface area contributed by atoms with E-state index in [-0.39, 0.29) is 6.09 Å². The minimum absolute atomic E-state index is 0.203. The van der Waals surface area contributed by atoms with Crippen LogP contribution in [0.5, 0.6) is 0 Å². The number of likely N-dealkylation sites (tertiary alicyclic amines) is 1. The molecule has 1 aromatic rings. The van der Waals surface area contributed by atoms with Crippen molar-refractivity contribution in [2.45, 2.75) is 52.1 Å². The zero-order valence-corrected chi connectivity index (χ0v) is 13.5. The van der Waals surface area contributed by atoms with Crippen LogP contribution in [0.15, 0.2) is 18.2 Å². The third-order valence-electron chi connectivity index (χ3n) is 4.00. The number of piperidine rings is 1. The summed E-state index contributed by atoms with van der Waals surface area (Å²) in [6, 6.07) is 6.10. The molecule has 0 saturated carbocycles. The van der Waals surface area contributed by atoms with E-state index in [9.17, 15) is 4.79 Å². The standard InChI is InChI=1S/C17H26N2O2/c1-12-14(6-5-7-15(12)18)13-8-10-19(11-9-13)16(20)21-17(2,3)4/h5-7,13H,8-11,18H2,1-4H3. The van der Waals surface area contributed by atoms with E-state index in [1.165, 1.54) is 11.1 Å². The minimum atomic E-state index is -0.432. The number of rotatable bonds is 1. The molecule has 1 fully saturated rings. The maximum absolute atomic E-state index is 12.1. The second kappa shape index (κ2) is 5.96. The molecule has 0 spiro atoms. The number of hydrogen-bond donors (Lipinski definition) is 1. The fourth-order valence-corrected chi connectivity index (χ4v) is 2.81. The number of nitrogen functional groups attached to an aromatic ring is 1. The van der Waals surface area contributed by atoms with Gasteiger partial charge in [-0.3, -0.25) is 0 Å². The Bertz CT molecular complexity index is 512. The number of benzene rings is 1. The Balaban J connectivity index is 1.97. The number of nitrogens with two attached hydrogens (primary N) is 1. The molecule has 0 unspecified atom stereocenters. The van der Waals surface area contributed by atoms with Gasteiger partial charge in [-0.1, -0.05) is 12.1 Å². The van der Waals surface area contributed by atoms with Gasteiger partial charge in [-0.2, -0.15) is 0 Å². The minimum Gasteiger partial charge on any atom is -0.444 e. The summed E-state index contributed by atoms with van der Waals surface area (Å²) in [6.45, 7) is 9.25. The number of hydrogen-bond acceptors (Lipinski definition) is 3. The predicted octanol–water partition coefficient (Wildman–Crippen LogP) is 3.69. The first-order valence-corrected chi connectivity index (χ1v) is 7.61. The van der Waals surface area contributed by atoms with Crippen molar-refractivity contribution in [3.05, 3.63) is 29.3 Å². The number of amides is 1. The molecule has 1 aliphatic rings. The summed E-state index contributed by atoms with van der Waals surface area (Å²) in [5.74, 6) is 0.479. The summed E-state index contributed by atoms with van der Waals surface area (Å²) in [4.78, 5) is 13.9. The van der Waals surface area contributed by atoms with Crippen molar-refractivity contribution in [1.82, 2.24) is 4.90 Å². The van der Waals surface area contributed by atoms with Gasteiger partial charge in [-0.15, -0.1) is 0 Å². The van der Waals surface area contributed by atoms with Crippen molar-refractivity contribution >= 4 is 11.8 Å². The van der Waals surface area contributed by atoms with Crippen LogP contribution in [0.2, 0.25) is 0 Å². The fourth-order valence-electron chi connectivity index (χ4n) is 2.81. The molecule has 0 bridgehead atoms. The summed E-state index contributed by atoms with van der Waals surface area (Å²) in [6.07, 6.45) is 1.72. The molecule has 2 rings (SSSR count). The monoisotopic (exact) mass is 290 g/mol. The van der Waals surface area contributed by atoms with E-state index in [0.717, 1.165) is 31.6 Å². The Hall–Kier alpha value is -1.71. The maximum atomic E-state index is 12.1. The maximum Gasteiger partial charge on any atom is 0.410 e. The van der Waals surface area contributed by atoms with Crippen LogP contribution in [0.1, 0.15) is 50.7 Å². The zero-order valence-electron chi connectivity index (χ0n) is 13.5. The summed E-state index contributed by atoms with van der Waals surface area (Å²) < 4.78 is 5.43. The summed E-state index contributed by atoms with van der Waals surface area (Å²) in [5, 5.41) is 0. The highest BCUT2D eigenvalue weighted by atomic mass is 16.6. The van der Waals surface area contributed by atoms with Gasteiger partial charge in [0.25, 0.3) is 0 Å². The molecular formula is C17H26N2O2. The molecule has 1 amide bonds. The lowest BCUT2D eigenvalue weighted by Crippen LogP contribution is -2.41. The molecule has 0 atom stereocenters. The van der Waals surface area contributed by atoms with E-state index in [0.29, 0.717) is 5.92 Å². The first-order chi connectivity index (χ1) is 9.78. The molecule has 1 aromatic carbocycles. The smallest absolute Gasteiger partial charge is 0.410 e. The van der Waals surface area contributed by atoms with Crippen LogP contribution in [-0.4, -0.2) is 29.7 Å². The van der Waals surface area contributed by atoms with Crippen LogP contribution in [0, 0.1) is 6.92 Å². The van der Waals surface area contributed by atoms with E-state index >= 15 is 0 Å². The second-order valence-corrected chi connectivity index (χ2v) is 6.80. The average molecular weight is 290 g/mol. The highest BCUT2D eigenvalue weighted by molar-refractivity contribution is 5.68. The summed E-state index contributed by atoms with van der Waals surface area (Å²) in [7, 11) is 0. The lowest BCUT2D eigenvalue weighted by Gasteiger charge is -2.34. The molecule has 0 aromatic heterocycles. The third kappa shape index (κ3) is 3.90. The molecule has 0 radical (unpaired) electrons. The summed E-state index contributed by atoms with van der Waals surface area (Å²) in [5.41, 5.74) is 8.90. The van der Waals surface area contributed by atoms with Gasteiger partial charge in [-0.05, 0) is 63.6 Å². The first-order valence-electron chi connectivity index (χ1n) is 7.61. The van der Waals surface area contributed by atoms with E-state index in [1.807, 2.05) is 37.8 Å². The molecule has 116 valence electrons. The van der Waals surface area contributed by atoms with Gasteiger partial charge in [0.05, 0.1) is 0 Å². The highest BCUT2D eigenvalue weighted by Gasteiger charge is 2.28. The van der Waals surface area contributed by atoms with E-state index in [4.69, 9.17) is 10.5 Å². The Morgan fingerprint density at radius 1 is 1.29 bits per heavy atom. The van der Waals surface area contributed by atoms with E-state index < -0.39 is 5.60 Å². The van der Waals surface area contributed by atoms with Gasteiger partial charge in [0.2, 0.25) is 0 Å². The molecule has 2 N–H and O–H groups in total. The molecule has 0 aliphatic carbocycles. The largest absolute Gasteiger partial charge is 0.444 e. The topological polar surface area (TPSA) is 55.6 Å². The molecule has 1 saturated heterocycles. The predicted molar refractivity (Wildman–Crippen MR) is 85.4 cm³/mol. The highest BCUT2D eigenvalue weighted by Crippen LogP contribution is 2.32. The number of anilines is 1. The van der Waals surface area contributed by atoms with Crippen molar-refractivity contribution in [3.8, 4) is 0 Å². The van der Waals surface area contributed by atoms with Crippen molar-refractivity contribution in [2.75, 3.05) is 18.8 Å². The Labute approximate surface area is 127 Å². The first kappa shape index (κ1) is 15.7. The Morgan fingerprint density at radius 3 is 2.48 bits per heavy atom. The number of carbonyl (C=O) groups excluding carboxylic acids is 1. The van der Waals surface area contributed by atoms with Crippen molar-refractivity contribution in [3.63, 3.8) is 0 Å². The van der Waals surface area contributed by atoms with Crippen LogP contribution in [0.3, 0.4) is 0 Å². The molecule has 21 heavy (non-hydrogen) atoms. The van der Waals surface area contributed by atoms with Gasteiger partial charge in [0.1, 0.15) is 5.60 Å². The van der Waals surface area contributed by atoms with Gasteiger partial charge in [0.15, 0.2) is 0 Å². The third-order valence-corrected chi connectivity index (χ3v) is 4.00. The van der Waals surface area contributed by atoms with Crippen LogP contribution in [0.25, 0.3) is 0 Å². The number of nitrogens with zero attached hydrogens (tertiary/aromatic N) is 1. The van der Waals surface area contributed by atoms with Crippen LogP contribution in [0.4, 0.5) is 10.5 Å². The van der Waals surface area contributed by atoms with Crippen molar-refractivity contribution in [2.24, 2.45) is 0 Å². The molecule has 1 heterocycles. The van der Waals surface area contributed by atoms with Crippen LogP contribution < -0.4 is 5.73 Å². The van der Waals surface area contributed by atoms with E-state index in [1.54, 1.807) is 0 Å². The molecular weight excluding hydrogens is 264 g/mol. The molecule has 4 nitrogen and oxygen atoms in total. The Morgan fingerprint density at radius 2 is 1.90 bits per heavy atom. The number of ether oxygens (including phenoxy) is 1. The van der Waals surface area contributed by atoms with Crippen molar-refractivity contribution in [1.29, 1.82) is 0 Å². The quantitative estimate of drug-likeness (QED) is 0.802. The SMILES string of the molecule is Cc1c(N)cccc1C1CCN(C(=O)OC(C)(C)C)CC1. The normalized spacial score (nSPS) is 16.9. The van der Waals surface area contributed by atoms with Gasteiger partial charge in [-0.25, -0.2) is 4.79 Å². The number of carbonyl (C=O) groups is 1. The Kier molecular flexibility index (Phi) is 4.45. The van der Waals surface area contributed by atoms with Crippen LogP contribution >= 0.6 is 0 Å². The second-order valence-electron chi connectivity index (χ2n) is 6.80. The van der Waals surface area contributed by atoms with Gasteiger partial charge in [0, 0.05) is 18.8 Å². The average Bonchev–Trinajstić information content (AvgIpc) is 2.40. The van der Waals surface area contributed by atoms with Crippen LogP contribution in [-0.2, 0) is 4.74 Å². The fraction of sp³-hybridized carbons (Fsp3) is 0.588.